The molecule has 17 heavy (non-hydrogen) atoms. The molecule has 0 bridgehead atoms. The van der Waals surface area contributed by atoms with Crippen LogP contribution in [0.5, 0.6) is 0 Å². The third-order valence-electron chi connectivity index (χ3n) is 2.74. The van der Waals surface area contributed by atoms with E-state index in [4.69, 9.17) is 0 Å². The number of nitrogens with zero attached hydrogens (tertiary/aromatic N) is 1. The van der Waals surface area contributed by atoms with Gasteiger partial charge in [0, 0.05) is 22.4 Å². The first-order chi connectivity index (χ1) is 8.19. The zero-order valence-electron chi connectivity index (χ0n) is 10.2. The molecule has 0 radical (unpaired) electrons. The Kier molecular flexibility index (Phi) is 3.92. The van der Waals surface area contributed by atoms with Crippen LogP contribution in [0.25, 0.3) is 0 Å². The zero-order valence-corrected chi connectivity index (χ0v) is 11.0. The second kappa shape index (κ2) is 5.43. The van der Waals surface area contributed by atoms with Crippen molar-refractivity contribution in [3.63, 3.8) is 0 Å². The van der Waals surface area contributed by atoms with Crippen LogP contribution in [0.2, 0.25) is 0 Å². The maximum absolute atomic E-state index is 10.1. The summed E-state index contributed by atoms with van der Waals surface area (Å²) in [5.41, 5.74) is 1.89. The van der Waals surface area contributed by atoms with Gasteiger partial charge in [0.05, 0.1) is 5.69 Å². The van der Waals surface area contributed by atoms with Crippen molar-refractivity contribution in [2.24, 2.45) is 0 Å². The number of aliphatic hydroxyl groups is 1. The molecule has 90 valence electrons. The maximum Gasteiger partial charge on any atom is 0.101 e. The lowest BCUT2D eigenvalue weighted by molar-refractivity contribution is 0.174. The lowest BCUT2D eigenvalue weighted by atomic mass is 10.1. The Labute approximate surface area is 106 Å². The summed E-state index contributed by atoms with van der Waals surface area (Å²) < 4.78 is 0. The molecule has 0 fully saturated rings. The summed E-state index contributed by atoms with van der Waals surface area (Å²) in [7, 11) is 0. The molecular weight excluding hydrogens is 230 g/mol. The molecule has 2 aromatic rings. The van der Waals surface area contributed by atoms with E-state index < -0.39 is 6.10 Å². The molecule has 3 heteroatoms. The Morgan fingerprint density at radius 3 is 2.71 bits per heavy atom. The van der Waals surface area contributed by atoms with E-state index in [0.29, 0.717) is 6.42 Å². The summed E-state index contributed by atoms with van der Waals surface area (Å²) in [4.78, 5) is 6.80. The highest BCUT2D eigenvalue weighted by molar-refractivity contribution is 7.11. The Bertz CT molecular complexity index is 492. The van der Waals surface area contributed by atoms with E-state index >= 15 is 0 Å². The molecule has 1 atom stereocenters. The number of aromatic nitrogens is 1. The molecule has 0 saturated carbocycles. The van der Waals surface area contributed by atoms with Crippen molar-refractivity contribution in [1.82, 2.24) is 4.98 Å². The van der Waals surface area contributed by atoms with Gasteiger partial charge in [0.1, 0.15) is 6.10 Å². The molecule has 1 N–H and O–H groups in total. The average molecular weight is 247 g/mol. The summed E-state index contributed by atoms with van der Waals surface area (Å²) in [5, 5.41) is 10.1. The van der Waals surface area contributed by atoms with Crippen LogP contribution in [0.15, 0.2) is 30.5 Å². The first-order valence-electron chi connectivity index (χ1n) is 5.87. The lowest BCUT2D eigenvalue weighted by Crippen LogP contribution is -2.03. The van der Waals surface area contributed by atoms with Gasteiger partial charge >= 0.3 is 0 Å². The van der Waals surface area contributed by atoms with Gasteiger partial charge in [-0.1, -0.05) is 6.92 Å². The van der Waals surface area contributed by atoms with Gasteiger partial charge in [0.15, 0.2) is 0 Å². The number of aliphatic hydroxyl groups excluding tert-OH is 1. The van der Waals surface area contributed by atoms with Gasteiger partial charge in [-0.15, -0.1) is 11.3 Å². The summed E-state index contributed by atoms with van der Waals surface area (Å²) in [6, 6.07) is 8.12. The second-order valence-corrected chi connectivity index (χ2v) is 5.45. The molecule has 0 aliphatic rings. The number of hydrogen-bond donors (Lipinski definition) is 1. The Balaban J connectivity index is 2.08. The van der Waals surface area contributed by atoms with Gasteiger partial charge in [0.2, 0.25) is 0 Å². The van der Waals surface area contributed by atoms with Crippen molar-refractivity contribution >= 4 is 11.3 Å². The maximum atomic E-state index is 10.1. The van der Waals surface area contributed by atoms with E-state index in [1.807, 2.05) is 19.1 Å². The lowest BCUT2D eigenvalue weighted by Gasteiger charge is -2.09. The third-order valence-corrected chi connectivity index (χ3v) is 3.99. The SMILES string of the molecule is CCc1ccc(CC(O)c2cc(C)ccn2)s1. The van der Waals surface area contributed by atoms with Crippen LogP contribution < -0.4 is 0 Å². The quantitative estimate of drug-likeness (QED) is 0.899. The van der Waals surface area contributed by atoms with E-state index in [0.717, 1.165) is 17.7 Å². The van der Waals surface area contributed by atoms with Gasteiger partial charge in [0.25, 0.3) is 0 Å². The first kappa shape index (κ1) is 12.3. The monoisotopic (exact) mass is 247 g/mol. The van der Waals surface area contributed by atoms with Crippen molar-refractivity contribution in [2.75, 3.05) is 0 Å². The molecule has 2 heterocycles. The predicted molar refractivity (Wildman–Crippen MR) is 71.3 cm³/mol. The van der Waals surface area contributed by atoms with Crippen LogP contribution in [0, 0.1) is 6.92 Å². The summed E-state index contributed by atoms with van der Waals surface area (Å²) >= 11 is 1.77. The molecule has 2 aromatic heterocycles. The van der Waals surface area contributed by atoms with E-state index in [2.05, 4.69) is 24.0 Å². The predicted octanol–water partition coefficient (Wildman–Crippen LogP) is 3.29. The van der Waals surface area contributed by atoms with Crippen molar-refractivity contribution in [1.29, 1.82) is 0 Å². The van der Waals surface area contributed by atoms with Gasteiger partial charge in [-0.3, -0.25) is 4.98 Å². The topological polar surface area (TPSA) is 33.1 Å². The number of rotatable bonds is 4. The molecule has 2 rings (SSSR count). The molecule has 0 aliphatic heterocycles. The van der Waals surface area contributed by atoms with E-state index in [-0.39, 0.29) is 0 Å². The molecule has 0 spiro atoms. The number of pyridine rings is 1. The summed E-state index contributed by atoms with van der Waals surface area (Å²) in [5.74, 6) is 0. The van der Waals surface area contributed by atoms with Crippen molar-refractivity contribution < 1.29 is 5.11 Å². The fourth-order valence-corrected chi connectivity index (χ4v) is 2.75. The van der Waals surface area contributed by atoms with Crippen LogP contribution in [0.3, 0.4) is 0 Å². The van der Waals surface area contributed by atoms with Crippen LogP contribution in [-0.4, -0.2) is 10.1 Å². The molecule has 0 aliphatic carbocycles. The van der Waals surface area contributed by atoms with Crippen LogP contribution >= 0.6 is 11.3 Å². The van der Waals surface area contributed by atoms with E-state index in [1.165, 1.54) is 9.75 Å². The van der Waals surface area contributed by atoms with Gasteiger partial charge in [-0.05, 0) is 43.2 Å². The molecular formula is C14H17NOS. The zero-order chi connectivity index (χ0) is 12.3. The fraction of sp³-hybridized carbons (Fsp3) is 0.357. The average Bonchev–Trinajstić information content (AvgIpc) is 2.77. The summed E-state index contributed by atoms with van der Waals surface area (Å²) in [6.07, 6.45) is 2.96. The molecule has 0 saturated heterocycles. The van der Waals surface area contributed by atoms with E-state index in [1.54, 1.807) is 17.5 Å². The fourth-order valence-electron chi connectivity index (χ4n) is 1.76. The third kappa shape index (κ3) is 3.14. The number of hydrogen-bond acceptors (Lipinski definition) is 3. The van der Waals surface area contributed by atoms with Gasteiger partial charge < -0.3 is 5.11 Å². The molecule has 1 unspecified atom stereocenters. The van der Waals surface area contributed by atoms with Gasteiger partial charge in [-0.2, -0.15) is 0 Å². The van der Waals surface area contributed by atoms with Gasteiger partial charge in [-0.25, -0.2) is 0 Å². The minimum Gasteiger partial charge on any atom is -0.386 e. The van der Waals surface area contributed by atoms with Crippen molar-refractivity contribution in [3.8, 4) is 0 Å². The number of aryl methyl sites for hydroxylation is 2. The normalized spacial score (nSPS) is 12.6. The largest absolute Gasteiger partial charge is 0.386 e. The second-order valence-electron chi connectivity index (χ2n) is 4.20. The van der Waals surface area contributed by atoms with Crippen molar-refractivity contribution in [3.05, 3.63) is 51.5 Å². The summed E-state index contributed by atoms with van der Waals surface area (Å²) in [6.45, 7) is 4.16. The van der Waals surface area contributed by atoms with Crippen LogP contribution in [0.4, 0.5) is 0 Å². The number of thiophene rings is 1. The Morgan fingerprint density at radius 2 is 2.06 bits per heavy atom. The molecule has 0 amide bonds. The highest BCUT2D eigenvalue weighted by atomic mass is 32.1. The highest BCUT2D eigenvalue weighted by Crippen LogP contribution is 2.23. The minimum absolute atomic E-state index is 0.502. The van der Waals surface area contributed by atoms with Crippen LogP contribution in [0.1, 0.15) is 34.0 Å². The Morgan fingerprint density at radius 1 is 1.29 bits per heavy atom. The van der Waals surface area contributed by atoms with E-state index in [9.17, 15) is 5.11 Å². The molecule has 2 nitrogen and oxygen atoms in total. The smallest absolute Gasteiger partial charge is 0.101 e. The minimum atomic E-state index is -0.502. The van der Waals surface area contributed by atoms with Crippen molar-refractivity contribution in [2.45, 2.75) is 32.8 Å². The van der Waals surface area contributed by atoms with Crippen LogP contribution in [-0.2, 0) is 12.8 Å². The Hall–Kier alpha value is -1.19. The first-order valence-corrected chi connectivity index (χ1v) is 6.69. The molecule has 0 aromatic carbocycles. The standard InChI is InChI=1S/C14H17NOS/c1-3-11-4-5-12(17-11)9-14(16)13-8-10(2)6-7-15-13/h4-8,14,16H,3,9H2,1-2H3. The highest BCUT2D eigenvalue weighted by Gasteiger charge is 2.11.